The number of hydrogen-bond donors (Lipinski definition) is 1. The van der Waals surface area contributed by atoms with E-state index in [2.05, 4.69) is 5.32 Å². The fraction of sp³-hybridized carbons (Fsp3) is 0.103. The second kappa shape index (κ2) is 10.6. The first-order valence-electron chi connectivity index (χ1n) is 11.5. The van der Waals surface area contributed by atoms with Gasteiger partial charge in [-0.2, -0.15) is 0 Å². The van der Waals surface area contributed by atoms with Gasteiger partial charge in [-0.1, -0.05) is 23.7 Å². The van der Waals surface area contributed by atoms with Crippen LogP contribution < -0.4 is 24.3 Å². The van der Waals surface area contributed by atoms with Gasteiger partial charge in [0.05, 0.1) is 26.8 Å². The zero-order valence-electron chi connectivity index (χ0n) is 20.5. The first kappa shape index (κ1) is 24.2. The van der Waals surface area contributed by atoms with Gasteiger partial charge in [-0.25, -0.2) is 9.97 Å². The van der Waals surface area contributed by atoms with Crippen molar-refractivity contribution >= 4 is 34.0 Å². The van der Waals surface area contributed by atoms with Gasteiger partial charge in [0.15, 0.2) is 17.3 Å². The minimum absolute atomic E-state index is 0.508. The van der Waals surface area contributed by atoms with Crippen LogP contribution in [-0.4, -0.2) is 31.3 Å². The van der Waals surface area contributed by atoms with Crippen molar-refractivity contribution in [1.82, 2.24) is 9.97 Å². The molecule has 4 aromatic carbocycles. The Balaban J connectivity index is 1.49. The van der Waals surface area contributed by atoms with Gasteiger partial charge in [0.2, 0.25) is 5.75 Å². The Morgan fingerprint density at radius 2 is 1.32 bits per heavy atom. The molecule has 1 N–H and O–H groups in total. The van der Waals surface area contributed by atoms with Crippen molar-refractivity contribution in [1.29, 1.82) is 0 Å². The van der Waals surface area contributed by atoms with Gasteiger partial charge in [0.25, 0.3) is 0 Å². The molecule has 5 rings (SSSR count). The van der Waals surface area contributed by atoms with Crippen molar-refractivity contribution in [3.63, 3.8) is 0 Å². The van der Waals surface area contributed by atoms with Crippen molar-refractivity contribution in [3.8, 4) is 40.1 Å². The third-order valence-corrected chi connectivity index (χ3v) is 5.94. The van der Waals surface area contributed by atoms with Gasteiger partial charge in [-0.15, -0.1) is 0 Å². The lowest BCUT2D eigenvalue weighted by Crippen LogP contribution is -2.01. The Morgan fingerprint density at radius 1 is 0.703 bits per heavy atom. The predicted molar refractivity (Wildman–Crippen MR) is 146 cm³/mol. The molecule has 186 valence electrons. The molecule has 0 aliphatic rings. The summed E-state index contributed by atoms with van der Waals surface area (Å²) in [6.45, 7) is 0. The van der Waals surface area contributed by atoms with E-state index in [1.54, 1.807) is 33.5 Å². The molecule has 37 heavy (non-hydrogen) atoms. The van der Waals surface area contributed by atoms with E-state index in [1.807, 2.05) is 72.8 Å². The number of para-hydroxylation sites is 1. The van der Waals surface area contributed by atoms with Crippen LogP contribution >= 0.6 is 11.6 Å². The molecule has 0 radical (unpaired) electrons. The summed E-state index contributed by atoms with van der Waals surface area (Å²) in [4.78, 5) is 9.64. The standard InChI is InChI=1S/C29H24ClN3O4/c1-34-25-16-18(17-26(35-2)27(25)36-3)28-32-24-7-5-4-6-23(24)29(33-28)31-20-10-14-22(15-11-20)37-21-12-8-19(30)9-13-21/h4-17H,1-3H3,(H,31,32,33). The zero-order chi connectivity index (χ0) is 25.8. The van der Waals surface area contributed by atoms with Crippen LogP contribution in [0.25, 0.3) is 22.3 Å². The molecule has 5 aromatic rings. The fourth-order valence-electron chi connectivity index (χ4n) is 3.89. The van der Waals surface area contributed by atoms with E-state index >= 15 is 0 Å². The average molecular weight is 514 g/mol. The number of nitrogens with zero attached hydrogens (tertiary/aromatic N) is 2. The smallest absolute Gasteiger partial charge is 0.203 e. The van der Waals surface area contributed by atoms with Crippen LogP contribution in [0, 0.1) is 0 Å². The largest absolute Gasteiger partial charge is 0.493 e. The van der Waals surface area contributed by atoms with E-state index < -0.39 is 0 Å². The molecule has 8 heteroatoms. The molecule has 1 heterocycles. The monoisotopic (exact) mass is 513 g/mol. The number of benzene rings is 4. The molecule has 0 bridgehead atoms. The molecule has 0 aliphatic heterocycles. The van der Waals surface area contributed by atoms with Crippen LogP contribution in [0.2, 0.25) is 5.02 Å². The van der Waals surface area contributed by atoms with Gasteiger partial charge in [0, 0.05) is 21.7 Å². The lowest BCUT2D eigenvalue weighted by atomic mass is 10.1. The summed E-state index contributed by atoms with van der Waals surface area (Å²) in [7, 11) is 4.73. The molecule has 0 fully saturated rings. The Bertz CT molecular complexity index is 1520. The lowest BCUT2D eigenvalue weighted by Gasteiger charge is -2.15. The van der Waals surface area contributed by atoms with Crippen molar-refractivity contribution in [3.05, 3.63) is 90.0 Å². The number of aromatic nitrogens is 2. The summed E-state index contributed by atoms with van der Waals surface area (Å²) in [5, 5.41) is 4.98. The molecule has 0 saturated carbocycles. The molecule has 0 amide bonds. The van der Waals surface area contributed by atoms with Crippen LogP contribution in [0.5, 0.6) is 28.7 Å². The number of anilines is 2. The molecule has 0 spiro atoms. The summed E-state index contributed by atoms with van der Waals surface area (Å²) in [6, 6.07) is 26.4. The Morgan fingerprint density at radius 3 is 1.95 bits per heavy atom. The highest BCUT2D eigenvalue weighted by Gasteiger charge is 2.17. The highest BCUT2D eigenvalue weighted by molar-refractivity contribution is 6.30. The quantitative estimate of drug-likeness (QED) is 0.230. The maximum absolute atomic E-state index is 5.96. The second-order valence-corrected chi connectivity index (χ2v) is 8.47. The molecule has 0 unspecified atom stereocenters. The average Bonchev–Trinajstić information content (AvgIpc) is 2.94. The first-order chi connectivity index (χ1) is 18.1. The van der Waals surface area contributed by atoms with Crippen molar-refractivity contribution < 1.29 is 18.9 Å². The van der Waals surface area contributed by atoms with Crippen LogP contribution in [0.1, 0.15) is 0 Å². The molecule has 1 aromatic heterocycles. The van der Waals surface area contributed by atoms with Crippen molar-refractivity contribution in [2.45, 2.75) is 0 Å². The van der Waals surface area contributed by atoms with E-state index in [0.717, 1.165) is 22.2 Å². The number of nitrogens with one attached hydrogen (secondary N) is 1. The van der Waals surface area contributed by atoms with Gasteiger partial charge in [-0.3, -0.25) is 0 Å². The number of rotatable bonds is 8. The summed E-state index contributed by atoms with van der Waals surface area (Å²) >= 11 is 5.96. The first-order valence-corrected chi connectivity index (χ1v) is 11.8. The summed E-state index contributed by atoms with van der Waals surface area (Å²) in [5.41, 5.74) is 2.38. The van der Waals surface area contributed by atoms with E-state index in [0.29, 0.717) is 45.4 Å². The molecule has 0 atom stereocenters. The minimum atomic E-state index is 0.508. The number of ether oxygens (including phenoxy) is 4. The SMILES string of the molecule is COc1cc(-c2nc(Nc3ccc(Oc4ccc(Cl)cc4)cc3)c3ccccc3n2)cc(OC)c1OC. The third kappa shape index (κ3) is 5.22. The van der Waals surface area contributed by atoms with E-state index in [9.17, 15) is 0 Å². The molecular formula is C29H24ClN3O4. The fourth-order valence-corrected chi connectivity index (χ4v) is 4.02. The van der Waals surface area contributed by atoms with Gasteiger partial charge < -0.3 is 24.3 Å². The molecular weight excluding hydrogens is 490 g/mol. The maximum atomic E-state index is 5.96. The Hall–Kier alpha value is -4.49. The van der Waals surface area contributed by atoms with Crippen LogP contribution in [0.3, 0.4) is 0 Å². The van der Waals surface area contributed by atoms with E-state index in [4.69, 9.17) is 40.5 Å². The summed E-state index contributed by atoms with van der Waals surface area (Å²) in [6.07, 6.45) is 0. The Labute approximate surface area is 219 Å². The summed E-state index contributed by atoms with van der Waals surface area (Å²) in [5.74, 6) is 4.16. The zero-order valence-corrected chi connectivity index (χ0v) is 21.2. The van der Waals surface area contributed by atoms with Gasteiger partial charge >= 0.3 is 0 Å². The van der Waals surface area contributed by atoms with E-state index in [-0.39, 0.29) is 0 Å². The molecule has 7 nitrogen and oxygen atoms in total. The molecule has 0 aliphatic carbocycles. The molecule has 0 saturated heterocycles. The maximum Gasteiger partial charge on any atom is 0.203 e. The number of methoxy groups -OCH3 is 3. The Kier molecular flexibility index (Phi) is 6.96. The normalized spacial score (nSPS) is 10.7. The second-order valence-electron chi connectivity index (χ2n) is 8.03. The predicted octanol–water partition coefficient (Wildman–Crippen LogP) is 7.51. The number of hydrogen-bond acceptors (Lipinski definition) is 7. The van der Waals surface area contributed by atoms with Crippen molar-refractivity contribution in [2.24, 2.45) is 0 Å². The topological polar surface area (TPSA) is 74.7 Å². The van der Waals surface area contributed by atoms with Crippen LogP contribution in [0.15, 0.2) is 84.9 Å². The summed E-state index contributed by atoms with van der Waals surface area (Å²) < 4.78 is 22.4. The van der Waals surface area contributed by atoms with E-state index in [1.165, 1.54) is 0 Å². The van der Waals surface area contributed by atoms with Crippen LogP contribution in [0.4, 0.5) is 11.5 Å². The number of fused-ring (bicyclic) bond motifs is 1. The highest BCUT2D eigenvalue weighted by atomic mass is 35.5. The van der Waals surface area contributed by atoms with Crippen molar-refractivity contribution in [2.75, 3.05) is 26.6 Å². The number of halogens is 1. The van der Waals surface area contributed by atoms with Gasteiger partial charge in [-0.05, 0) is 72.8 Å². The van der Waals surface area contributed by atoms with Gasteiger partial charge in [0.1, 0.15) is 17.3 Å². The highest BCUT2D eigenvalue weighted by Crippen LogP contribution is 2.41. The lowest BCUT2D eigenvalue weighted by molar-refractivity contribution is 0.324. The third-order valence-electron chi connectivity index (χ3n) is 5.69. The minimum Gasteiger partial charge on any atom is -0.493 e. The van der Waals surface area contributed by atoms with Crippen LogP contribution in [-0.2, 0) is 0 Å².